The second-order valence-electron chi connectivity index (χ2n) is 8.15. The zero-order chi connectivity index (χ0) is 24.1. The minimum Gasteiger partial charge on any atom is -0.456 e. The smallest absolute Gasteiger partial charge is 0.338 e. The molecule has 0 bridgehead atoms. The fourth-order valence-corrected chi connectivity index (χ4v) is 4.84. The first kappa shape index (κ1) is 21.7. The molecule has 8 nitrogen and oxygen atoms in total. The number of hydrogen-bond acceptors (Lipinski definition) is 7. The van der Waals surface area contributed by atoms with E-state index in [1.165, 1.54) is 40.0 Å². The lowest BCUT2D eigenvalue weighted by Crippen LogP contribution is -2.30. The molecule has 1 aliphatic heterocycles. The van der Waals surface area contributed by atoms with Gasteiger partial charge in [-0.15, -0.1) is 11.3 Å². The molecule has 9 heteroatoms. The number of amides is 2. The summed E-state index contributed by atoms with van der Waals surface area (Å²) in [6, 6.07) is 11.2. The van der Waals surface area contributed by atoms with Crippen LogP contribution in [0.5, 0.6) is 0 Å². The minimum absolute atomic E-state index is 0.132. The highest BCUT2D eigenvalue weighted by Gasteiger charge is 2.38. The van der Waals surface area contributed by atoms with Crippen LogP contribution in [0.3, 0.4) is 0 Å². The van der Waals surface area contributed by atoms with Crippen molar-refractivity contribution >= 4 is 39.8 Å². The predicted molar refractivity (Wildman–Crippen MR) is 127 cm³/mol. The lowest BCUT2D eigenvalue weighted by atomic mass is 10.1. The molecule has 2 aromatic heterocycles. The molecule has 170 valence electrons. The number of hydrogen-bond donors (Lipinski definition) is 0. The second kappa shape index (κ2) is 8.03. The van der Waals surface area contributed by atoms with E-state index < -0.39 is 17.8 Å². The summed E-state index contributed by atoms with van der Waals surface area (Å²) in [4.78, 5) is 57.0. The first-order valence-electron chi connectivity index (χ1n) is 10.5. The molecule has 4 aromatic rings. The first-order chi connectivity index (χ1) is 16.2. The number of benzene rings is 2. The molecule has 0 saturated heterocycles. The van der Waals surface area contributed by atoms with Crippen LogP contribution in [-0.4, -0.2) is 27.2 Å². The largest absolute Gasteiger partial charge is 0.456 e. The van der Waals surface area contributed by atoms with Crippen LogP contribution in [0.25, 0.3) is 4.96 Å². The maximum atomic E-state index is 13.1. The van der Waals surface area contributed by atoms with Crippen molar-refractivity contribution in [3.8, 4) is 0 Å². The Kier molecular flexibility index (Phi) is 5.13. The lowest BCUT2D eigenvalue weighted by molar-refractivity contribution is 0.0467. The van der Waals surface area contributed by atoms with Crippen LogP contribution >= 0.6 is 11.3 Å². The third kappa shape index (κ3) is 3.50. The van der Waals surface area contributed by atoms with Crippen LogP contribution in [0.15, 0.2) is 52.6 Å². The maximum absolute atomic E-state index is 13.1. The molecule has 0 radical (unpaired) electrons. The molecule has 5 rings (SSSR count). The number of carbonyl (C=O) groups is 3. The Morgan fingerprint density at radius 1 is 0.971 bits per heavy atom. The molecule has 0 aliphatic carbocycles. The summed E-state index contributed by atoms with van der Waals surface area (Å²) in [5.74, 6) is -1.60. The zero-order valence-corrected chi connectivity index (χ0v) is 19.4. The van der Waals surface area contributed by atoms with Gasteiger partial charge in [0.25, 0.3) is 17.4 Å². The molecule has 0 spiro atoms. The normalized spacial score (nSPS) is 13.0. The van der Waals surface area contributed by atoms with Crippen LogP contribution in [0.1, 0.15) is 53.6 Å². The number of anilines is 1. The van der Waals surface area contributed by atoms with E-state index in [0.29, 0.717) is 16.3 Å². The zero-order valence-electron chi connectivity index (χ0n) is 18.6. The Labute approximate surface area is 198 Å². The van der Waals surface area contributed by atoms with Crippen molar-refractivity contribution in [2.75, 3.05) is 4.90 Å². The van der Waals surface area contributed by atoms with Gasteiger partial charge >= 0.3 is 5.97 Å². The van der Waals surface area contributed by atoms with Crippen LogP contribution < -0.4 is 10.5 Å². The van der Waals surface area contributed by atoms with Gasteiger partial charge in [-0.25, -0.2) is 14.7 Å². The number of ether oxygens (including phenoxy) is 1. The summed E-state index contributed by atoms with van der Waals surface area (Å²) in [5.41, 5.74) is 3.61. The quantitative estimate of drug-likeness (QED) is 0.330. The van der Waals surface area contributed by atoms with Crippen molar-refractivity contribution in [3.63, 3.8) is 0 Å². The Bertz CT molecular complexity index is 1580. The number of aromatic nitrogens is 2. The Morgan fingerprint density at radius 3 is 2.53 bits per heavy atom. The minimum atomic E-state index is -0.683. The van der Waals surface area contributed by atoms with Gasteiger partial charge in [-0.3, -0.25) is 18.8 Å². The topological polar surface area (TPSA) is 98.1 Å². The lowest BCUT2D eigenvalue weighted by Gasteiger charge is -2.17. The number of nitrogens with zero attached hydrogens (tertiary/aromatic N) is 3. The molecular weight excluding hydrogens is 454 g/mol. The van der Waals surface area contributed by atoms with Gasteiger partial charge in [0.05, 0.1) is 28.1 Å². The van der Waals surface area contributed by atoms with E-state index in [0.717, 1.165) is 21.7 Å². The van der Waals surface area contributed by atoms with Gasteiger partial charge in [-0.2, -0.15) is 0 Å². The molecule has 0 unspecified atom stereocenters. The molecule has 2 aromatic carbocycles. The average Bonchev–Trinajstić information content (AvgIpc) is 3.31. The summed E-state index contributed by atoms with van der Waals surface area (Å²) < 4.78 is 6.83. The second-order valence-corrected chi connectivity index (χ2v) is 8.99. The third-order valence-corrected chi connectivity index (χ3v) is 6.65. The molecule has 0 N–H and O–H groups in total. The molecular formula is C25H19N3O5S. The van der Waals surface area contributed by atoms with Gasteiger partial charge in [0.1, 0.15) is 6.61 Å². The number of aryl methyl sites for hydroxylation is 3. The highest BCUT2D eigenvalue weighted by molar-refractivity contribution is 7.15. The van der Waals surface area contributed by atoms with Crippen molar-refractivity contribution in [3.05, 3.63) is 97.4 Å². The van der Waals surface area contributed by atoms with Crippen molar-refractivity contribution in [2.24, 2.45) is 0 Å². The summed E-state index contributed by atoms with van der Waals surface area (Å²) in [5, 5.41) is 1.82. The van der Waals surface area contributed by atoms with Gasteiger partial charge in [-0.1, -0.05) is 12.1 Å². The number of imide groups is 1. The SMILES string of the molecule is Cc1ccc(C)c(N2C(=O)c3ccc(C(=O)OCc4cc(=O)n5c(C)csc5n4)cc3C2=O)c1. The highest BCUT2D eigenvalue weighted by atomic mass is 32.1. The van der Waals surface area contributed by atoms with Crippen LogP contribution in [0.2, 0.25) is 0 Å². The van der Waals surface area contributed by atoms with Crippen LogP contribution in [0.4, 0.5) is 5.69 Å². The van der Waals surface area contributed by atoms with Crippen LogP contribution in [0, 0.1) is 20.8 Å². The van der Waals surface area contributed by atoms with E-state index in [1.807, 2.05) is 38.3 Å². The Hall–Kier alpha value is -4.11. The summed E-state index contributed by atoms with van der Waals surface area (Å²) in [6.07, 6.45) is 0. The van der Waals surface area contributed by atoms with Gasteiger partial charge < -0.3 is 4.74 Å². The van der Waals surface area contributed by atoms with E-state index in [2.05, 4.69) is 4.98 Å². The monoisotopic (exact) mass is 473 g/mol. The molecule has 34 heavy (non-hydrogen) atoms. The van der Waals surface area contributed by atoms with Crippen molar-refractivity contribution in [1.29, 1.82) is 0 Å². The molecule has 0 atom stereocenters. The molecule has 0 saturated carbocycles. The van der Waals surface area contributed by atoms with E-state index in [9.17, 15) is 19.2 Å². The van der Waals surface area contributed by atoms with Gasteiger partial charge in [-0.05, 0) is 56.2 Å². The van der Waals surface area contributed by atoms with Crippen molar-refractivity contribution in [2.45, 2.75) is 27.4 Å². The summed E-state index contributed by atoms with van der Waals surface area (Å²) in [7, 11) is 0. The van der Waals surface area contributed by atoms with Gasteiger partial charge in [0, 0.05) is 17.1 Å². The summed E-state index contributed by atoms with van der Waals surface area (Å²) >= 11 is 1.32. The number of thiazole rings is 1. The van der Waals surface area contributed by atoms with Crippen molar-refractivity contribution in [1.82, 2.24) is 9.38 Å². The van der Waals surface area contributed by atoms with E-state index >= 15 is 0 Å². The maximum Gasteiger partial charge on any atom is 0.338 e. The number of esters is 1. The number of carbonyl (C=O) groups excluding carboxylic acids is 3. The fraction of sp³-hybridized carbons (Fsp3) is 0.160. The van der Waals surface area contributed by atoms with E-state index in [-0.39, 0.29) is 28.9 Å². The first-order valence-corrected chi connectivity index (χ1v) is 11.4. The Morgan fingerprint density at radius 2 is 1.74 bits per heavy atom. The number of fused-ring (bicyclic) bond motifs is 2. The van der Waals surface area contributed by atoms with Crippen molar-refractivity contribution < 1.29 is 19.1 Å². The highest BCUT2D eigenvalue weighted by Crippen LogP contribution is 2.32. The van der Waals surface area contributed by atoms with E-state index in [4.69, 9.17) is 4.74 Å². The predicted octanol–water partition coefficient (Wildman–Crippen LogP) is 3.84. The average molecular weight is 474 g/mol. The van der Waals surface area contributed by atoms with E-state index in [1.54, 1.807) is 6.07 Å². The van der Waals surface area contributed by atoms with Crippen LogP contribution in [-0.2, 0) is 11.3 Å². The molecule has 3 heterocycles. The summed E-state index contributed by atoms with van der Waals surface area (Å²) in [6.45, 7) is 5.33. The van der Waals surface area contributed by atoms with Gasteiger partial charge in [0.2, 0.25) is 0 Å². The number of rotatable bonds is 4. The third-order valence-electron chi connectivity index (χ3n) is 5.71. The fourth-order valence-electron chi connectivity index (χ4n) is 3.94. The molecule has 1 aliphatic rings. The van der Waals surface area contributed by atoms with Gasteiger partial charge in [0.15, 0.2) is 4.96 Å². The molecule has 0 fully saturated rings. The molecule has 2 amide bonds. The standard InChI is InChI=1S/C25H19N3O5S/c1-13-4-5-14(2)20(8-13)28-22(30)18-7-6-16(9-19(18)23(28)31)24(32)33-11-17-10-21(29)27-15(3)12-34-25(27)26-17/h4-10,12H,11H2,1-3H3. The Balaban J connectivity index is 1.38.